The molecule has 1 aliphatic heterocycles. The number of hydrogen-bond acceptors (Lipinski definition) is 2. The van der Waals surface area contributed by atoms with Gasteiger partial charge in [0.2, 0.25) is 0 Å². The minimum Gasteiger partial charge on any atom is -0.480 e. The molecule has 1 aromatic rings. The zero-order valence-corrected chi connectivity index (χ0v) is 8.21. The third-order valence-corrected chi connectivity index (χ3v) is 2.66. The van der Waals surface area contributed by atoms with E-state index < -0.39 is 12.0 Å². The highest BCUT2D eigenvalue weighted by Crippen LogP contribution is 2.20. The Balaban J connectivity index is 2.29. The van der Waals surface area contributed by atoms with Crippen molar-refractivity contribution in [3.8, 4) is 0 Å². The smallest absolute Gasteiger partial charge is 0.321 e. The van der Waals surface area contributed by atoms with Gasteiger partial charge in [-0.2, -0.15) is 0 Å². The molecule has 0 saturated carbocycles. The first-order chi connectivity index (χ1) is 6.66. The Bertz CT molecular complexity index is 378. The monoisotopic (exact) mass is 211 g/mol. The van der Waals surface area contributed by atoms with Gasteiger partial charge in [-0.15, -0.1) is 0 Å². The minimum atomic E-state index is -0.810. The second kappa shape index (κ2) is 3.59. The lowest BCUT2D eigenvalue weighted by Crippen LogP contribution is -2.41. The van der Waals surface area contributed by atoms with Crippen LogP contribution in [0.25, 0.3) is 0 Å². The molecule has 2 rings (SSSR count). The quantitative estimate of drug-likeness (QED) is 0.739. The van der Waals surface area contributed by atoms with E-state index in [1.807, 2.05) is 18.2 Å². The summed E-state index contributed by atoms with van der Waals surface area (Å²) in [6, 6.07) is 5.11. The number of nitrogens with one attached hydrogen (secondary N) is 1. The van der Waals surface area contributed by atoms with Crippen molar-refractivity contribution in [1.29, 1.82) is 0 Å². The molecule has 2 N–H and O–H groups in total. The number of fused-ring (bicyclic) bond motifs is 1. The van der Waals surface area contributed by atoms with Gasteiger partial charge >= 0.3 is 5.97 Å². The highest BCUT2D eigenvalue weighted by atomic mass is 35.5. The maximum atomic E-state index is 10.8. The van der Waals surface area contributed by atoms with Crippen molar-refractivity contribution in [3.05, 3.63) is 34.3 Å². The van der Waals surface area contributed by atoms with Crippen molar-refractivity contribution >= 4 is 17.6 Å². The SMILES string of the molecule is O=C(O)C1Cc2cc(Cl)ccc2CN1. The first-order valence-electron chi connectivity index (χ1n) is 4.40. The number of aliphatic carboxylic acids is 1. The number of benzene rings is 1. The van der Waals surface area contributed by atoms with E-state index in [1.54, 1.807) is 0 Å². The van der Waals surface area contributed by atoms with Crippen LogP contribution < -0.4 is 5.32 Å². The van der Waals surface area contributed by atoms with E-state index in [-0.39, 0.29) is 0 Å². The highest BCUT2D eigenvalue weighted by Gasteiger charge is 2.23. The first-order valence-corrected chi connectivity index (χ1v) is 4.78. The van der Waals surface area contributed by atoms with Gasteiger partial charge in [0.1, 0.15) is 6.04 Å². The van der Waals surface area contributed by atoms with Crippen LogP contribution in [0.2, 0.25) is 5.02 Å². The minimum absolute atomic E-state index is 0.485. The molecule has 0 fully saturated rings. The predicted molar refractivity (Wildman–Crippen MR) is 53.4 cm³/mol. The van der Waals surface area contributed by atoms with Gasteiger partial charge in [-0.1, -0.05) is 17.7 Å². The zero-order chi connectivity index (χ0) is 10.1. The van der Waals surface area contributed by atoms with Crippen LogP contribution in [0.5, 0.6) is 0 Å². The molecule has 1 aliphatic rings. The fraction of sp³-hybridized carbons (Fsp3) is 0.300. The van der Waals surface area contributed by atoms with Gasteiger partial charge in [-0.25, -0.2) is 0 Å². The van der Waals surface area contributed by atoms with Crippen molar-refractivity contribution in [2.75, 3.05) is 0 Å². The molecule has 74 valence electrons. The number of hydrogen-bond donors (Lipinski definition) is 2. The van der Waals surface area contributed by atoms with Gasteiger partial charge in [-0.3, -0.25) is 4.79 Å². The molecular weight excluding hydrogens is 202 g/mol. The molecule has 0 bridgehead atoms. The fourth-order valence-corrected chi connectivity index (χ4v) is 1.85. The van der Waals surface area contributed by atoms with Gasteiger partial charge in [0.25, 0.3) is 0 Å². The van der Waals surface area contributed by atoms with Crippen LogP contribution in [0.1, 0.15) is 11.1 Å². The normalized spacial score (nSPS) is 20.2. The molecule has 1 atom stereocenters. The molecule has 0 aromatic heterocycles. The summed E-state index contributed by atoms with van der Waals surface area (Å²) in [4.78, 5) is 10.8. The van der Waals surface area contributed by atoms with E-state index in [0.717, 1.165) is 11.1 Å². The Hall–Kier alpha value is -1.06. The Labute approximate surface area is 86.7 Å². The van der Waals surface area contributed by atoms with Gasteiger partial charge in [-0.05, 0) is 29.7 Å². The van der Waals surface area contributed by atoms with Crippen molar-refractivity contribution in [1.82, 2.24) is 5.32 Å². The van der Waals surface area contributed by atoms with E-state index in [1.165, 1.54) is 0 Å². The van der Waals surface area contributed by atoms with Crippen molar-refractivity contribution in [3.63, 3.8) is 0 Å². The van der Waals surface area contributed by atoms with Crippen molar-refractivity contribution in [2.45, 2.75) is 19.0 Å². The van der Waals surface area contributed by atoms with Crippen molar-refractivity contribution in [2.24, 2.45) is 0 Å². The van der Waals surface area contributed by atoms with Crippen LogP contribution in [0.15, 0.2) is 18.2 Å². The fourth-order valence-electron chi connectivity index (χ4n) is 1.66. The lowest BCUT2D eigenvalue weighted by atomic mass is 9.96. The van der Waals surface area contributed by atoms with Crippen molar-refractivity contribution < 1.29 is 9.90 Å². The summed E-state index contributed by atoms with van der Waals surface area (Å²) >= 11 is 5.84. The molecular formula is C10H10ClNO2. The summed E-state index contributed by atoms with van der Waals surface area (Å²) in [7, 11) is 0. The van der Waals surface area contributed by atoms with Crippen LogP contribution in [-0.4, -0.2) is 17.1 Å². The average molecular weight is 212 g/mol. The molecule has 0 amide bonds. The van der Waals surface area contributed by atoms with Gasteiger partial charge in [0, 0.05) is 11.6 Å². The number of carboxylic acids is 1. The van der Waals surface area contributed by atoms with E-state index in [9.17, 15) is 4.79 Å². The van der Waals surface area contributed by atoms with Crippen LogP contribution in [0, 0.1) is 0 Å². The molecule has 0 saturated heterocycles. The molecule has 0 radical (unpaired) electrons. The summed E-state index contributed by atoms with van der Waals surface area (Å²) < 4.78 is 0. The zero-order valence-electron chi connectivity index (χ0n) is 7.46. The van der Waals surface area contributed by atoms with Gasteiger partial charge in [0.15, 0.2) is 0 Å². The van der Waals surface area contributed by atoms with E-state index >= 15 is 0 Å². The molecule has 3 nitrogen and oxygen atoms in total. The van der Waals surface area contributed by atoms with E-state index in [4.69, 9.17) is 16.7 Å². The molecule has 1 aromatic carbocycles. The Morgan fingerprint density at radius 2 is 2.29 bits per heavy atom. The lowest BCUT2D eigenvalue weighted by molar-refractivity contribution is -0.139. The highest BCUT2D eigenvalue weighted by molar-refractivity contribution is 6.30. The maximum absolute atomic E-state index is 10.8. The third kappa shape index (κ3) is 1.74. The third-order valence-electron chi connectivity index (χ3n) is 2.43. The largest absolute Gasteiger partial charge is 0.480 e. The number of rotatable bonds is 1. The summed E-state index contributed by atoms with van der Waals surface area (Å²) in [6.07, 6.45) is 0.505. The van der Waals surface area contributed by atoms with E-state index in [2.05, 4.69) is 5.32 Å². The second-order valence-corrected chi connectivity index (χ2v) is 3.83. The van der Waals surface area contributed by atoms with Crippen LogP contribution in [0.4, 0.5) is 0 Å². The lowest BCUT2D eigenvalue weighted by Gasteiger charge is -2.23. The van der Waals surface area contributed by atoms with Gasteiger partial charge in [0.05, 0.1) is 0 Å². The summed E-state index contributed by atoms with van der Waals surface area (Å²) in [5.41, 5.74) is 2.16. The van der Waals surface area contributed by atoms with Crippen LogP contribution in [-0.2, 0) is 17.8 Å². The van der Waals surface area contributed by atoms with Crippen LogP contribution >= 0.6 is 11.6 Å². The second-order valence-electron chi connectivity index (χ2n) is 3.39. The Kier molecular flexibility index (Phi) is 2.44. The average Bonchev–Trinajstić information content (AvgIpc) is 2.16. The first kappa shape index (κ1) is 9.49. The summed E-state index contributed by atoms with van der Waals surface area (Å²) in [5.74, 6) is -0.810. The number of carboxylic acid groups (broad SMARTS) is 1. The standard InChI is InChI=1S/C10H10ClNO2/c11-8-2-1-6-5-12-9(10(13)14)4-7(6)3-8/h1-3,9,12H,4-5H2,(H,13,14). The topological polar surface area (TPSA) is 49.3 Å². The number of carbonyl (C=O) groups is 1. The molecule has 4 heteroatoms. The molecule has 14 heavy (non-hydrogen) atoms. The predicted octanol–water partition coefficient (Wildman–Crippen LogP) is 1.44. The Morgan fingerprint density at radius 3 is 3.00 bits per heavy atom. The number of halogens is 1. The van der Waals surface area contributed by atoms with Crippen LogP contribution in [0.3, 0.4) is 0 Å². The molecule has 0 aliphatic carbocycles. The Morgan fingerprint density at radius 1 is 1.50 bits per heavy atom. The maximum Gasteiger partial charge on any atom is 0.321 e. The summed E-state index contributed by atoms with van der Waals surface area (Å²) in [6.45, 7) is 0.601. The molecule has 1 unspecified atom stereocenters. The van der Waals surface area contributed by atoms with Gasteiger partial charge < -0.3 is 10.4 Å². The molecule has 1 heterocycles. The van der Waals surface area contributed by atoms with E-state index in [0.29, 0.717) is 18.0 Å². The summed E-state index contributed by atoms with van der Waals surface area (Å²) in [5, 5.41) is 12.5. The molecule has 0 spiro atoms.